The highest BCUT2D eigenvalue weighted by molar-refractivity contribution is 6.58. The second-order valence-corrected chi connectivity index (χ2v) is 10.5. The van der Waals surface area contributed by atoms with Crippen LogP contribution in [0.3, 0.4) is 0 Å². The molecule has 1 spiro atoms. The average Bonchev–Trinajstić information content (AvgIpc) is 3.13. The maximum atomic E-state index is 14.5. The van der Waals surface area contributed by atoms with Crippen molar-refractivity contribution in [1.29, 1.82) is 0 Å². The molecule has 38 heavy (non-hydrogen) atoms. The van der Waals surface area contributed by atoms with Gasteiger partial charge in [0, 0.05) is 25.8 Å². The molecule has 1 atom stereocenters. The number of piperidine rings is 1. The Balaban J connectivity index is 1.51. The molecule has 3 N–H and O–H groups in total. The summed E-state index contributed by atoms with van der Waals surface area (Å²) in [5.74, 6) is -1.81. The summed E-state index contributed by atoms with van der Waals surface area (Å²) < 4.78 is 14.5. The Labute approximate surface area is 222 Å². The molecule has 202 valence electrons. The summed E-state index contributed by atoms with van der Waals surface area (Å²) in [6, 6.07) is 10.5. The van der Waals surface area contributed by atoms with Gasteiger partial charge in [-0.05, 0) is 54.9 Å². The van der Waals surface area contributed by atoms with Crippen LogP contribution in [0.2, 0.25) is 0 Å². The Morgan fingerprint density at radius 3 is 2.39 bits per heavy atom. The van der Waals surface area contributed by atoms with Crippen molar-refractivity contribution in [3.05, 3.63) is 59.4 Å². The van der Waals surface area contributed by atoms with Crippen LogP contribution >= 0.6 is 0 Å². The molecule has 2 aromatic rings. The quantitative estimate of drug-likeness (QED) is 0.484. The van der Waals surface area contributed by atoms with Crippen molar-refractivity contribution in [2.75, 3.05) is 31.7 Å². The van der Waals surface area contributed by atoms with Crippen molar-refractivity contribution >= 4 is 36.0 Å². The molecule has 9 nitrogen and oxygen atoms in total. The van der Waals surface area contributed by atoms with Gasteiger partial charge < -0.3 is 30.1 Å². The molecule has 11 heteroatoms. The van der Waals surface area contributed by atoms with Gasteiger partial charge in [0.25, 0.3) is 5.91 Å². The zero-order valence-electron chi connectivity index (χ0n) is 22.1. The van der Waals surface area contributed by atoms with Crippen LogP contribution in [0.15, 0.2) is 42.5 Å². The number of nitrogens with zero attached hydrogens (tertiary/aromatic N) is 3. The van der Waals surface area contributed by atoms with Crippen LogP contribution in [0.1, 0.15) is 42.6 Å². The summed E-state index contributed by atoms with van der Waals surface area (Å²) >= 11 is 0. The van der Waals surface area contributed by atoms with Gasteiger partial charge in [-0.25, -0.2) is 4.39 Å². The highest BCUT2D eigenvalue weighted by atomic mass is 19.1. The molecular formula is C27H34BFN4O5. The number of nitrogens with one attached hydrogen (secondary N) is 1. The van der Waals surface area contributed by atoms with E-state index >= 15 is 0 Å². The van der Waals surface area contributed by atoms with Gasteiger partial charge in [0.05, 0.1) is 12.2 Å². The van der Waals surface area contributed by atoms with Crippen LogP contribution < -0.4 is 15.7 Å². The first-order valence-corrected chi connectivity index (χ1v) is 12.8. The number of halogens is 1. The van der Waals surface area contributed by atoms with E-state index in [1.807, 2.05) is 24.8 Å². The number of likely N-dealkylation sites (N-methyl/N-ethyl adjacent to an activating group) is 1. The molecule has 4 rings (SSSR count). The number of hydrogen-bond donors (Lipinski definition) is 3. The molecule has 0 aromatic heterocycles. The van der Waals surface area contributed by atoms with Gasteiger partial charge >= 0.3 is 7.12 Å². The first kappa shape index (κ1) is 27.6. The van der Waals surface area contributed by atoms with E-state index in [-0.39, 0.29) is 23.3 Å². The molecule has 0 saturated carbocycles. The van der Waals surface area contributed by atoms with Crippen LogP contribution in [-0.4, -0.2) is 83.1 Å². The third kappa shape index (κ3) is 5.00. The number of amides is 3. The summed E-state index contributed by atoms with van der Waals surface area (Å²) in [7, 11) is 0.0963. The van der Waals surface area contributed by atoms with E-state index in [0.717, 1.165) is 0 Å². The number of hydrogen-bond acceptors (Lipinski definition) is 6. The average molecular weight is 524 g/mol. The Kier molecular flexibility index (Phi) is 7.80. The topological polar surface area (TPSA) is 113 Å². The van der Waals surface area contributed by atoms with Crippen LogP contribution in [0.4, 0.5) is 10.1 Å². The zero-order chi connectivity index (χ0) is 27.8. The Bertz CT molecular complexity index is 1230. The smallest absolute Gasteiger partial charge is 0.423 e. The number of benzene rings is 2. The largest absolute Gasteiger partial charge is 0.488 e. The lowest BCUT2D eigenvalue weighted by molar-refractivity contribution is -0.139. The fourth-order valence-electron chi connectivity index (χ4n) is 5.40. The fourth-order valence-corrected chi connectivity index (χ4v) is 5.40. The van der Waals surface area contributed by atoms with E-state index in [0.29, 0.717) is 49.3 Å². The maximum Gasteiger partial charge on any atom is 0.488 e. The molecular weight excluding hydrogens is 490 g/mol. The summed E-state index contributed by atoms with van der Waals surface area (Å²) in [4.78, 5) is 45.0. The second-order valence-electron chi connectivity index (χ2n) is 10.5. The predicted octanol–water partition coefficient (Wildman–Crippen LogP) is 0.866. The number of anilines is 1. The fraction of sp³-hybridized carbons (Fsp3) is 0.444. The molecule has 0 bridgehead atoms. The molecule has 2 aliphatic rings. The Morgan fingerprint density at radius 1 is 1.11 bits per heavy atom. The van der Waals surface area contributed by atoms with Gasteiger partial charge in [0.15, 0.2) is 0 Å². The normalized spacial score (nSPS) is 17.8. The Morgan fingerprint density at radius 2 is 1.76 bits per heavy atom. The maximum absolute atomic E-state index is 14.5. The summed E-state index contributed by atoms with van der Waals surface area (Å²) in [6.07, 6.45) is 0.748. The molecule has 2 saturated heterocycles. The number of carbonyl (C=O) groups excluding carboxylic acids is 3. The van der Waals surface area contributed by atoms with Crippen LogP contribution in [0.5, 0.6) is 0 Å². The van der Waals surface area contributed by atoms with Crippen molar-refractivity contribution in [1.82, 2.24) is 15.1 Å². The van der Waals surface area contributed by atoms with Crippen LogP contribution in [0, 0.1) is 18.7 Å². The van der Waals surface area contributed by atoms with Crippen molar-refractivity contribution in [3.8, 4) is 0 Å². The van der Waals surface area contributed by atoms with E-state index in [9.17, 15) is 28.8 Å². The second kappa shape index (κ2) is 10.7. The van der Waals surface area contributed by atoms with Crippen molar-refractivity contribution < 1.29 is 28.8 Å². The number of aryl methyl sites for hydroxylation is 1. The zero-order valence-corrected chi connectivity index (χ0v) is 22.1. The summed E-state index contributed by atoms with van der Waals surface area (Å²) in [5.41, 5.74) is 0.396. The van der Waals surface area contributed by atoms with E-state index in [4.69, 9.17) is 0 Å². The minimum atomic E-state index is -1.63. The van der Waals surface area contributed by atoms with Gasteiger partial charge in [-0.2, -0.15) is 0 Å². The van der Waals surface area contributed by atoms with Gasteiger partial charge in [-0.3, -0.25) is 14.4 Å². The molecule has 2 aliphatic heterocycles. The number of rotatable bonds is 6. The number of likely N-dealkylation sites (tertiary alicyclic amines) is 1. The number of carbonyl (C=O) groups is 3. The molecule has 0 aliphatic carbocycles. The first-order chi connectivity index (χ1) is 18.0. The molecule has 0 radical (unpaired) electrons. The monoisotopic (exact) mass is 524 g/mol. The molecule has 0 unspecified atom stereocenters. The minimum Gasteiger partial charge on any atom is -0.423 e. The van der Waals surface area contributed by atoms with Gasteiger partial charge in [-0.15, -0.1) is 0 Å². The molecule has 3 amide bonds. The lowest BCUT2D eigenvalue weighted by Gasteiger charge is -2.44. The van der Waals surface area contributed by atoms with Gasteiger partial charge in [0.2, 0.25) is 11.8 Å². The standard InChI is InChI=1S/C27H34BFN4O5/c1-17(2)23(30-24(34)21-10-5-7-18(3)22(21)29)25(35)32-13-11-27(12-14-32)26(36)31(4)16-33(27)20-9-6-8-19(15-20)28(37)38/h5-10,15,17,23,37-38H,11-14,16H2,1-4H3,(H,30,34)/t23-/m1/s1. The van der Waals surface area contributed by atoms with E-state index in [1.54, 1.807) is 54.1 Å². The highest BCUT2D eigenvalue weighted by Gasteiger charge is 2.53. The van der Waals surface area contributed by atoms with Crippen molar-refractivity contribution in [3.63, 3.8) is 0 Å². The minimum absolute atomic E-state index is 0.0526. The van der Waals surface area contributed by atoms with E-state index in [2.05, 4.69) is 5.32 Å². The first-order valence-electron chi connectivity index (χ1n) is 12.8. The molecule has 2 heterocycles. The Hall–Kier alpha value is -3.44. The van der Waals surface area contributed by atoms with Gasteiger partial charge in [0.1, 0.15) is 17.4 Å². The molecule has 2 aromatic carbocycles. The SMILES string of the molecule is Cc1cccc(C(=O)N[C@@H](C(=O)N2CCC3(CC2)C(=O)N(C)CN3c2cccc(B(O)O)c2)C(C)C)c1F. The van der Waals surface area contributed by atoms with Crippen molar-refractivity contribution in [2.24, 2.45) is 5.92 Å². The van der Waals surface area contributed by atoms with Crippen LogP contribution in [-0.2, 0) is 9.59 Å². The van der Waals surface area contributed by atoms with Crippen LogP contribution in [0.25, 0.3) is 0 Å². The lowest BCUT2D eigenvalue weighted by Crippen LogP contribution is -2.60. The van der Waals surface area contributed by atoms with Gasteiger partial charge in [-0.1, -0.05) is 38.1 Å². The third-order valence-electron chi connectivity index (χ3n) is 7.65. The van der Waals surface area contributed by atoms with E-state index < -0.39 is 30.4 Å². The third-order valence-corrected chi connectivity index (χ3v) is 7.65. The summed E-state index contributed by atoms with van der Waals surface area (Å²) in [5, 5.41) is 22.0. The lowest BCUT2D eigenvalue weighted by atomic mass is 9.79. The van der Waals surface area contributed by atoms with E-state index in [1.165, 1.54) is 6.07 Å². The van der Waals surface area contributed by atoms with Crippen molar-refractivity contribution in [2.45, 2.75) is 45.2 Å². The summed E-state index contributed by atoms with van der Waals surface area (Å²) in [6.45, 7) is 6.16. The predicted molar refractivity (Wildman–Crippen MR) is 142 cm³/mol. The highest BCUT2D eigenvalue weighted by Crippen LogP contribution is 2.39. The molecule has 2 fully saturated rings.